The summed E-state index contributed by atoms with van der Waals surface area (Å²) >= 11 is 0. The van der Waals surface area contributed by atoms with Gasteiger partial charge in [-0.05, 0) is 39.8 Å². The molecule has 1 N–H and O–H groups in total. The molecule has 0 bridgehead atoms. The normalized spacial score (nSPS) is 18.3. The molecule has 14 heavy (non-hydrogen) atoms. The van der Waals surface area contributed by atoms with Gasteiger partial charge in [0.2, 0.25) is 0 Å². The van der Waals surface area contributed by atoms with Crippen LogP contribution in [0.1, 0.15) is 26.7 Å². The Hall–Kier alpha value is -0.770. The van der Waals surface area contributed by atoms with E-state index in [1.165, 1.54) is 7.11 Å². The van der Waals surface area contributed by atoms with E-state index in [0.717, 1.165) is 25.9 Å². The molecule has 1 rings (SSSR count). The summed E-state index contributed by atoms with van der Waals surface area (Å²) in [6, 6.07) is 0.550. The third-order valence-corrected chi connectivity index (χ3v) is 2.64. The average Bonchev–Trinajstić information content (AvgIpc) is 2.19. The predicted molar refractivity (Wildman–Crippen MR) is 55.3 cm³/mol. The van der Waals surface area contributed by atoms with Crippen LogP contribution in [0.3, 0.4) is 0 Å². The smallest absolute Gasteiger partial charge is 0.409 e. The summed E-state index contributed by atoms with van der Waals surface area (Å²) < 4.78 is 4.79. The number of hydrogen-bond donors (Lipinski definition) is 1. The van der Waals surface area contributed by atoms with Crippen LogP contribution in [-0.2, 0) is 4.74 Å². The lowest BCUT2D eigenvalue weighted by Gasteiger charge is -2.36. The third-order valence-electron chi connectivity index (χ3n) is 2.64. The molecule has 1 amide bonds. The van der Waals surface area contributed by atoms with Gasteiger partial charge in [0.05, 0.1) is 7.11 Å². The minimum Gasteiger partial charge on any atom is -0.453 e. The van der Waals surface area contributed by atoms with Gasteiger partial charge in [0.15, 0.2) is 0 Å². The Bertz CT molecular complexity index is 189. The minimum absolute atomic E-state index is 0.202. The van der Waals surface area contributed by atoms with Gasteiger partial charge in [-0.2, -0.15) is 0 Å². The Morgan fingerprint density at radius 1 is 1.43 bits per heavy atom. The summed E-state index contributed by atoms with van der Waals surface area (Å²) in [5, 5.41) is 3.29. The lowest BCUT2D eigenvalue weighted by molar-refractivity contribution is 0.0799. The first-order chi connectivity index (χ1) is 6.66. The zero-order valence-electron chi connectivity index (χ0n) is 9.25. The molecule has 4 heteroatoms. The molecule has 0 atom stereocenters. The second kappa shape index (κ2) is 5.20. The molecular formula is C10H20N2O2. The van der Waals surface area contributed by atoms with Crippen molar-refractivity contribution in [2.24, 2.45) is 0 Å². The van der Waals surface area contributed by atoms with Crippen molar-refractivity contribution >= 4 is 6.09 Å². The van der Waals surface area contributed by atoms with E-state index >= 15 is 0 Å². The van der Waals surface area contributed by atoms with Crippen molar-refractivity contribution in [3.05, 3.63) is 0 Å². The zero-order chi connectivity index (χ0) is 10.6. The Morgan fingerprint density at radius 3 is 2.43 bits per heavy atom. The van der Waals surface area contributed by atoms with E-state index in [1.807, 2.05) is 18.7 Å². The summed E-state index contributed by atoms with van der Waals surface area (Å²) in [7, 11) is 1.44. The molecule has 0 aromatic heterocycles. The van der Waals surface area contributed by atoms with Gasteiger partial charge in [0, 0.05) is 12.1 Å². The first kappa shape index (κ1) is 11.3. The van der Waals surface area contributed by atoms with Crippen LogP contribution in [0, 0.1) is 0 Å². The quantitative estimate of drug-likeness (QED) is 0.728. The molecule has 82 valence electrons. The number of carbonyl (C=O) groups excluding carboxylic acids is 1. The third kappa shape index (κ3) is 2.61. The molecule has 0 aliphatic carbocycles. The van der Waals surface area contributed by atoms with E-state index in [1.54, 1.807) is 0 Å². The number of amides is 1. The molecule has 1 fully saturated rings. The number of carbonyl (C=O) groups is 1. The first-order valence-corrected chi connectivity index (χ1v) is 5.23. The second-order valence-corrected chi connectivity index (χ2v) is 3.95. The fourth-order valence-electron chi connectivity index (χ4n) is 1.97. The second-order valence-electron chi connectivity index (χ2n) is 3.95. The number of nitrogens with zero attached hydrogens (tertiary/aromatic N) is 1. The number of nitrogens with one attached hydrogen (secondary N) is 1. The predicted octanol–water partition coefficient (Wildman–Crippen LogP) is 1.22. The van der Waals surface area contributed by atoms with Gasteiger partial charge in [-0.25, -0.2) is 4.79 Å². The number of hydrogen-bond acceptors (Lipinski definition) is 3. The average molecular weight is 200 g/mol. The van der Waals surface area contributed by atoms with Crippen LogP contribution in [0.25, 0.3) is 0 Å². The molecule has 1 aliphatic rings. The van der Waals surface area contributed by atoms with Crippen molar-refractivity contribution in [1.29, 1.82) is 0 Å². The van der Waals surface area contributed by atoms with Gasteiger partial charge >= 0.3 is 6.09 Å². The first-order valence-electron chi connectivity index (χ1n) is 5.23. The lowest BCUT2D eigenvalue weighted by Crippen LogP contribution is -2.49. The standard InChI is InChI=1S/C10H20N2O2/c1-8(2)12(10(13)14-3)9-4-6-11-7-5-9/h8-9,11H,4-7H2,1-3H3. The number of rotatable bonds is 2. The topological polar surface area (TPSA) is 41.6 Å². The Balaban J connectivity index is 2.60. The van der Waals surface area contributed by atoms with Crippen molar-refractivity contribution in [2.75, 3.05) is 20.2 Å². The molecule has 0 aromatic carbocycles. The molecule has 0 aromatic rings. The molecule has 0 spiro atoms. The van der Waals surface area contributed by atoms with Gasteiger partial charge in [-0.3, -0.25) is 0 Å². The maximum Gasteiger partial charge on any atom is 0.409 e. The van der Waals surface area contributed by atoms with Crippen molar-refractivity contribution < 1.29 is 9.53 Å². The maximum atomic E-state index is 11.5. The van der Waals surface area contributed by atoms with Gasteiger partial charge in [0.25, 0.3) is 0 Å². The van der Waals surface area contributed by atoms with Gasteiger partial charge < -0.3 is 15.0 Å². The molecular weight excluding hydrogens is 180 g/mol. The highest BCUT2D eigenvalue weighted by Gasteiger charge is 2.27. The Kier molecular flexibility index (Phi) is 4.20. The molecule has 1 saturated heterocycles. The van der Waals surface area contributed by atoms with Crippen LogP contribution in [0.4, 0.5) is 4.79 Å². The van der Waals surface area contributed by atoms with Crippen molar-refractivity contribution in [3.63, 3.8) is 0 Å². The summed E-state index contributed by atoms with van der Waals surface area (Å²) in [6.07, 6.45) is 1.84. The van der Waals surface area contributed by atoms with Crippen molar-refractivity contribution in [1.82, 2.24) is 10.2 Å². The highest BCUT2D eigenvalue weighted by atomic mass is 16.5. The van der Waals surface area contributed by atoms with Crippen molar-refractivity contribution in [2.45, 2.75) is 38.8 Å². The van der Waals surface area contributed by atoms with E-state index in [0.29, 0.717) is 6.04 Å². The molecule has 4 nitrogen and oxygen atoms in total. The number of ether oxygens (including phenoxy) is 1. The van der Waals surface area contributed by atoms with E-state index in [-0.39, 0.29) is 12.1 Å². The molecule has 0 radical (unpaired) electrons. The molecule has 0 saturated carbocycles. The highest BCUT2D eigenvalue weighted by Crippen LogP contribution is 2.15. The number of methoxy groups -OCH3 is 1. The minimum atomic E-state index is -0.202. The molecule has 0 unspecified atom stereocenters. The van der Waals surface area contributed by atoms with Gasteiger partial charge in [-0.15, -0.1) is 0 Å². The SMILES string of the molecule is COC(=O)N(C(C)C)C1CCNCC1. The van der Waals surface area contributed by atoms with Gasteiger partial charge in [0.1, 0.15) is 0 Å². The van der Waals surface area contributed by atoms with Gasteiger partial charge in [-0.1, -0.05) is 0 Å². The summed E-state index contributed by atoms with van der Waals surface area (Å²) in [5.41, 5.74) is 0. The fourth-order valence-corrected chi connectivity index (χ4v) is 1.97. The van der Waals surface area contributed by atoms with Crippen LogP contribution in [0.15, 0.2) is 0 Å². The van der Waals surface area contributed by atoms with Crippen LogP contribution < -0.4 is 5.32 Å². The molecule has 1 aliphatic heterocycles. The monoisotopic (exact) mass is 200 g/mol. The van der Waals surface area contributed by atoms with E-state index in [2.05, 4.69) is 5.32 Å². The van der Waals surface area contributed by atoms with E-state index in [9.17, 15) is 4.79 Å². The summed E-state index contributed by atoms with van der Waals surface area (Å²) in [5.74, 6) is 0. The maximum absolute atomic E-state index is 11.5. The van der Waals surface area contributed by atoms with E-state index in [4.69, 9.17) is 4.74 Å². The fraction of sp³-hybridized carbons (Fsp3) is 0.900. The zero-order valence-corrected chi connectivity index (χ0v) is 9.25. The summed E-state index contributed by atoms with van der Waals surface area (Å²) in [6.45, 7) is 6.04. The van der Waals surface area contributed by atoms with E-state index < -0.39 is 0 Å². The molecule has 1 heterocycles. The van der Waals surface area contributed by atoms with Crippen LogP contribution in [0.2, 0.25) is 0 Å². The van der Waals surface area contributed by atoms with Crippen LogP contribution >= 0.6 is 0 Å². The summed E-state index contributed by atoms with van der Waals surface area (Å²) in [4.78, 5) is 13.4. The van der Waals surface area contributed by atoms with Crippen molar-refractivity contribution in [3.8, 4) is 0 Å². The Morgan fingerprint density at radius 2 is 2.00 bits per heavy atom. The number of piperidine rings is 1. The highest BCUT2D eigenvalue weighted by molar-refractivity contribution is 5.68. The largest absolute Gasteiger partial charge is 0.453 e. The lowest BCUT2D eigenvalue weighted by atomic mass is 10.0. The Labute approximate surface area is 85.6 Å². The van der Waals surface area contributed by atoms with Crippen LogP contribution in [0.5, 0.6) is 0 Å². The van der Waals surface area contributed by atoms with Crippen LogP contribution in [-0.4, -0.2) is 43.3 Å².